The Balaban J connectivity index is 1.78. The zero-order chi connectivity index (χ0) is 14.8. The van der Waals surface area contributed by atoms with Crippen LogP contribution in [-0.2, 0) is 4.74 Å². The van der Waals surface area contributed by atoms with Crippen molar-refractivity contribution in [3.05, 3.63) is 15.0 Å². The normalized spacial score (nSPS) is 23.4. The molecule has 0 aliphatic heterocycles. The molecule has 20 heavy (non-hydrogen) atoms. The monoisotopic (exact) mass is 360 g/mol. The molecule has 1 aromatic rings. The van der Waals surface area contributed by atoms with Crippen LogP contribution in [0.3, 0.4) is 0 Å². The molecule has 1 aliphatic carbocycles. The van der Waals surface area contributed by atoms with E-state index in [1.54, 1.807) is 11.3 Å². The molecule has 0 unspecified atom stereocenters. The van der Waals surface area contributed by atoms with Crippen molar-refractivity contribution in [2.75, 3.05) is 0 Å². The summed E-state index contributed by atoms with van der Waals surface area (Å²) in [5, 5.41) is 4.17. The molecule has 0 spiro atoms. The molecule has 0 aromatic carbocycles. The summed E-state index contributed by atoms with van der Waals surface area (Å²) in [4.78, 5) is 16.2. The number of thiazole rings is 1. The number of ether oxygens (including phenoxy) is 1. The zero-order valence-corrected chi connectivity index (χ0v) is 14.5. The van der Waals surface area contributed by atoms with Crippen LogP contribution in [0.15, 0.2) is 9.98 Å². The first-order chi connectivity index (χ1) is 9.33. The average molecular weight is 361 g/mol. The summed E-state index contributed by atoms with van der Waals surface area (Å²) in [6.07, 6.45) is 5.67. The van der Waals surface area contributed by atoms with E-state index in [2.05, 4.69) is 26.2 Å². The number of hydrogen-bond donors (Lipinski definition) is 1. The van der Waals surface area contributed by atoms with Crippen LogP contribution in [0.5, 0.6) is 0 Å². The van der Waals surface area contributed by atoms with Gasteiger partial charge in [-0.15, -0.1) is 11.3 Å². The minimum Gasteiger partial charge on any atom is -0.444 e. The van der Waals surface area contributed by atoms with Crippen molar-refractivity contribution in [2.45, 2.75) is 64.0 Å². The van der Waals surface area contributed by atoms with Crippen LogP contribution in [0.4, 0.5) is 4.79 Å². The van der Waals surface area contributed by atoms with Crippen LogP contribution in [0.1, 0.15) is 57.4 Å². The molecule has 6 heteroatoms. The highest BCUT2D eigenvalue weighted by molar-refractivity contribution is 9.11. The van der Waals surface area contributed by atoms with Gasteiger partial charge in [0.2, 0.25) is 0 Å². The Morgan fingerprint density at radius 3 is 2.55 bits per heavy atom. The fourth-order valence-electron chi connectivity index (χ4n) is 2.41. The van der Waals surface area contributed by atoms with E-state index in [9.17, 15) is 4.79 Å². The number of amides is 1. The fraction of sp³-hybridized carbons (Fsp3) is 0.714. The van der Waals surface area contributed by atoms with Gasteiger partial charge < -0.3 is 10.1 Å². The van der Waals surface area contributed by atoms with Gasteiger partial charge in [0.15, 0.2) is 0 Å². The minimum absolute atomic E-state index is 0.226. The smallest absolute Gasteiger partial charge is 0.407 e. The lowest BCUT2D eigenvalue weighted by atomic mass is 9.86. The highest BCUT2D eigenvalue weighted by atomic mass is 79.9. The van der Waals surface area contributed by atoms with Crippen LogP contribution in [0.2, 0.25) is 0 Å². The Bertz CT molecular complexity index is 462. The first-order valence-electron chi connectivity index (χ1n) is 6.94. The van der Waals surface area contributed by atoms with Crippen molar-refractivity contribution in [2.24, 2.45) is 0 Å². The SMILES string of the molecule is CC(C)(C)OC(=O)N[C@H]1CC[C@H](c2ncc(Br)s2)CC1. The number of halogens is 1. The third kappa shape index (κ3) is 4.74. The molecule has 1 aromatic heterocycles. The van der Waals surface area contributed by atoms with Crippen molar-refractivity contribution in [3.8, 4) is 0 Å². The number of aromatic nitrogens is 1. The highest BCUT2D eigenvalue weighted by Crippen LogP contribution is 2.36. The van der Waals surface area contributed by atoms with E-state index in [-0.39, 0.29) is 12.1 Å². The van der Waals surface area contributed by atoms with Crippen LogP contribution in [0.25, 0.3) is 0 Å². The quantitative estimate of drug-likeness (QED) is 0.846. The van der Waals surface area contributed by atoms with Gasteiger partial charge in [-0.25, -0.2) is 9.78 Å². The van der Waals surface area contributed by atoms with E-state index in [4.69, 9.17) is 4.74 Å². The molecule has 0 radical (unpaired) electrons. The van der Waals surface area contributed by atoms with Crippen molar-refractivity contribution < 1.29 is 9.53 Å². The Hall–Kier alpha value is -0.620. The lowest BCUT2D eigenvalue weighted by Crippen LogP contribution is -2.40. The second-order valence-corrected chi connectivity index (χ2v) is 8.64. The van der Waals surface area contributed by atoms with Crippen molar-refractivity contribution in [1.29, 1.82) is 0 Å². The van der Waals surface area contributed by atoms with Gasteiger partial charge in [-0.05, 0) is 62.4 Å². The summed E-state index contributed by atoms with van der Waals surface area (Å²) in [5.74, 6) is 0.531. The number of nitrogens with zero attached hydrogens (tertiary/aromatic N) is 1. The molecular weight excluding hydrogens is 340 g/mol. The molecule has 1 heterocycles. The maximum atomic E-state index is 11.7. The van der Waals surface area contributed by atoms with Crippen LogP contribution in [-0.4, -0.2) is 22.7 Å². The number of nitrogens with one attached hydrogen (secondary N) is 1. The van der Waals surface area contributed by atoms with Crippen LogP contribution < -0.4 is 5.32 Å². The molecular formula is C14H21BrN2O2S. The van der Waals surface area contributed by atoms with E-state index < -0.39 is 5.60 Å². The largest absolute Gasteiger partial charge is 0.444 e. The molecule has 112 valence electrons. The Morgan fingerprint density at radius 2 is 2.05 bits per heavy atom. The maximum Gasteiger partial charge on any atom is 0.407 e. The molecule has 0 saturated heterocycles. The summed E-state index contributed by atoms with van der Waals surface area (Å²) in [7, 11) is 0. The predicted molar refractivity (Wildman–Crippen MR) is 84.2 cm³/mol. The molecule has 1 fully saturated rings. The minimum atomic E-state index is -0.436. The molecule has 1 N–H and O–H groups in total. The molecule has 4 nitrogen and oxygen atoms in total. The van der Waals surface area contributed by atoms with E-state index >= 15 is 0 Å². The molecule has 1 amide bonds. The highest BCUT2D eigenvalue weighted by Gasteiger charge is 2.26. The second-order valence-electron chi connectivity index (χ2n) is 6.20. The van der Waals surface area contributed by atoms with E-state index in [0.29, 0.717) is 5.92 Å². The van der Waals surface area contributed by atoms with Crippen molar-refractivity contribution in [3.63, 3.8) is 0 Å². The number of carbonyl (C=O) groups is 1. The van der Waals surface area contributed by atoms with Gasteiger partial charge >= 0.3 is 6.09 Å². The van der Waals surface area contributed by atoms with Gasteiger partial charge in [0.25, 0.3) is 0 Å². The van der Waals surface area contributed by atoms with Crippen molar-refractivity contribution in [1.82, 2.24) is 10.3 Å². The number of hydrogen-bond acceptors (Lipinski definition) is 4. The Kier molecular flexibility index (Phi) is 5.07. The molecule has 1 saturated carbocycles. The van der Waals surface area contributed by atoms with Crippen LogP contribution in [0, 0.1) is 0 Å². The second kappa shape index (κ2) is 6.43. The predicted octanol–water partition coefficient (Wildman–Crippen LogP) is 4.46. The van der Waals surface area contributed by atoms with Gasteiger partial charge in [0.05, 0.1) is 15.0 Å². The van der Waals surface area contributed by atoms with E-state index in [1.165, 1.54) is 5.01 Å². The molecule has 0 bridgehead atoms. The number of alkyl carbamates (subject to hydrolysis) is 1. The summed E-state index contributed by atoms with van der Waals surface area (Å²) in [6, 6.07) is 0.226. The number of carbonyl (C=O) groups excluding carboxylic acids is 1. The first-order valence-corrected chi connectivity index (χ1v) is 8.55. The summed E-state index contributed by atoms with van der Waals surface area (Å²) < 4.78 is 6.37. The molecule has 2 rings (SSSR count). The standard InChI is InChI=1S/C14H21BrN2O2S/c1-14(2,3)19-13(18)17-10-6-4-9(5-7-10)12-16-8-11(15)20-12/h8-10H,4-7H2,1-3H3,(H,17,18)/t9-,10-. The van der Waals surface area contributed by atoms with Crippen molar-refractivity contribution >= 4 is 33.4 Å². The van der Waals surface area contributed by atoms with Gasteiger partial charge in [0.1, 0.15) is 5.60 Å². The topological polar surface area (TPSA) is 51.2 Å². The lowest BCUT2D eigenvalue weighted by Gasteiger charge is -2.29. The van der Waals surface area contributed by atoms with Gasteiger partial charge in [0, 0.05) is 12.0 Å². The zero-order valence-electron chi connectivity index (χ0n) is 12.1. The summed E-state index contributed by atoms with van der Waals surface area (Å²) in [6.45, 7) is 5.64. The van der Waals surface area contributed by atoms with Crippen LogP contribution >= 0.6 is 27.3 Å². The third-order valence-corrected chi connectivity index (χ3v) is 4.93. The summed E-state index contributed by atoms with van der Waals surface area (Å²) in [5.41, 5.74) is -0.436. The maximum absolute atomic E-state index is 11.7. The Labute approximate surface area is 132 Å². The van der Waals surface area contributed by atoms with Gasteiger partial charge in [-0.3, -0.25) is 0 Å². The first kappa shape index (κ1) is 15.8. The average Bonchev–Trinajstić information content (AvgIpc) is 2.74. The summed E-state index contributed by atoms with van der Waals surface area (Å²) >= 11 is 5.16. The Morgan fingerprint density at radius 1 is 1.40 bits per heavy atom. The van der Waals surface area contributed by atoms with E-state index in [0.717, 1.165) is 29.5 Å². The van der Waals surface area contributed by atoms with Gasteiger partial charge in [-0.1, -0.05) is 0 Å². The molecule has 1 aliphatic rings. The third-order valence-electron chi connectivity index (χ3n) is 3.29. The van der Waals surface area contributed by atoms with Gasteiger partial charge in [-0.2, -0.15) is 0 Å². The number of rotatable bonds is 2. The fourth-order valence-corrected chi connectivity index (χ4v) is 3.83. The lowest BCUT2D eigenvalue weighted by molar-refractivity contribution is 0.0491. The van der Waals surface area contributed by atoms with E-state index in [1.807, 2.05) is 27.0 Å². The molecule has 0 atom stereocenters.